The fraction of sp³-hybridized carbons (Fsp3) is 0.294. The number of fused-ring (bicyclic) bond motifs is 1. The first-order chi connectivity index (χ1) is 10.3. The summed E-state index contributed by atoms with van der Waals surface area (Å²) in [5.41, 5.74) is 3.92. The molecular weight excluding hydrogens is 362 g/mol. The van der Waals surface area contributed by atoms with Crippen LogP contribution in [-0.2, 0) is 16.4 Å². The van der Waals surface area contributed by atoms with Crippen LogP contribution in [0.1, 0.15) is 23.6 Å². The molecule has 5 heteroatoms. The molecule has 2 aromatic carbocycles. The lowest BCUT2D eigenvalue weighted by molar-refractivity contribution is 0.583. The second kappa shape index (κ2) is 5.39. The van der Waals surface area contributed by atoms with Gasteiger partial charge < -0.3 is 0 Å². The Labute approximate surface area is 140 Å². The van der Waals surface area contributed by atoms with E-state index in [1.165, 1.54) is 0 Å². The van der Waals surface area contributed by atoms with Gasteiger partial charge in [0.25, 0.3) is 10.0 Å². The SMILES string of the molecule is Cc1cc(Br)c(S(=O)(=O)N2c3ccccc3CC2C)cc1C. The lowest BCUT2D eigenvalue weighted by atomic mass is 10.1. The first kappa shape index (κ1) is 15.6. The largest absolute Gasteiger partial charge is 0.265 e. The number of para-hydroxylation sites is 1. The molecule has 0 saturated heterocycles. The summed E-state index contributed by atoms with van der Waals surface area (Å²) in [6.07, 6.45) is 0.748. The molecule has 0 fully saturated rings. The van der Waals surface area contributed by atoms with E-state index in [0.717, 1.165) is 28.8 Å². The van der Waals surface area contributed by atoms with Gasteiger partial charge in [-0.3, -0.25) is 4.31 Å². The van der Waals surface area contributed by atoms with E-state index < -0.39 is 10.0 Å². The van der Waals surface area contributed by atoms with Crippen molar-refractivity contribution in [3.8, 4) is 0 Å². The highest BCUT2D eigenvalue weighted by molar-refractivity contribution is 9.10. The van der Waals surface area contributed by atoms with E-state index in [9.17, 15) is 8.42 Å². The number of rotatable bonds is 2. The second-order valence-corrected chi connectivity index (χ2v) is 8.49. The van der Waals surface area contributed by atoms with Gasteiger partial charge in [-0.15, -0.1) is 0 Å². The molecule has 3 rings (SSSR count). The van der Waals surface area contributed by atoms with Crippen molar-refractivity contribution in [3.05, 3.63) is 57.6 Å². The Bertz CT molecular complexity index is 846. The van der Waals surface area contributed by atoms with Gasteiger partial charge in [0.05, 0.1) is 5.69 Å². The molecule has 3 nitrogen and oxygen atoms in total. The van der Waals surface area contributed by atoms with Crippen molar-refractivity contribution in [1.29, 1.82) is 0 Å². The third-order valence-electron chi connectivity index (χ3n) is 4.23. The predicted octanol–water partition coefficient (Wildman–Crippen LogP) is 4.21. The quantitative estimate of drug-likeness (QED) is 0.783. The zero-order chi connectivity index (χ0) is 16.1. The molecule has 0 saturated carbocycles. The zero-order valence-corrected chi connectivity index (χ0v) is 15.2. The number of nitrogens with zero attached hydrogens (tertiary/aromatic N) is 1. The van der Waals surface area contributed by atoms with Crippen molar-refractivity contribution in [2.75, 3.05) is 4.31 Å². The first-order valence-corrected chi connectivity index (χ1v) is 9.45. The van der Waals surface area contributed by atoms with E-state index in [-0.39, 0.29) is 6.04 Å². The van der Waals surface area contributed by atoms with Crippen molar-refractivity contribution >= 4 is 31.6 Å². The van der Waals surface area contributed by atoms with E-state index in [0.29, 0.717) is 9.37 Å². The zero-order valence-electron chi connectivity index (χ0n) is 12.8. The number of aryl methyl sites for hydroxylation is 2. The maximum Gasteiger partial charge on any atom is 0.265 e. The Morgan fingerprint density at radius 2 is 1.77 bits per heavy atom. The summed E-state index contributed by atoms with van der Waals surface area (Å²) in [4.78, 5) is 0.333. The van der Waals surface area contributed by atoms with Crippen LogP contribution < -0.4 is 4.31 Å². The first-order valence-electron chi connectivity index (χ1n) is 7.21. The van der Waals surface area contributed by atoms with Crippen molar-refractivity contribution in [2.24, 2.45) is 0 Å². The summed E-state index contributed by atoms with van der Waals surface area (Å²) in [7, 11) is -3.58. The number of hydrogen-bond acceptors (Lipinski definition) is 2. The average molecular weight is 380 g/mol. The highest BCUT2D eigenvalue weighted by Crippen LogP contribution is 2.38. The molecule has 0 spiro atoms. The summed E-state index contributed by atoms with van der Waals surface area (Å²) in [6, 6.07) is 11.3. The van der Waals surface area contributed by atoms with Crippen LogP contribution in [0.25, 0.3) is 0 Å². The van der Waals surface area contributed by atoms with Gasteiger partial charge >= 0.3 is 0 Å². The van der Waals surface area contributed by atoms with Crippen LogP contribution in [0.3, 0.4) is 0 Å². The molecule has 0 aromatic heterocycles. The Balaban J connectivity index is 2.17. The molecule has 22 heavy (non-hydrogen) atoms. The van der Waals surface area contributed by atoms with Gasteiger partial charge in [-0.25, -0.2) is 8.42 Å². The molecular formula is C17H18BrNO2S. The van der Waals surface area contributed by atoms with Crippen LogP contribution in [0.15, 0.2) is 45.8 Å². The van der Waals surface area contributed by atoms with E-state index >= 15 is 0 Å². The number of anilines is 1. The summed E-state index contributed by atoms with van der Waals surface area (Å²) >= 11 is 3.42. The van der Waals surface area contributed by atoms with Gasteiger partial charge in [0.1, 0.15) is 4.90 Å². The minimum absolute atomic E-state index is 0.0732. The molecule has 1 aliphatic rings. The van der Waals surface area contributed by atoms with Gasteiger partial charge in [-0.05, 0) is 78.0 Å². The maximum atomic E-state index is 13.2. The van der Waals surface area contributed by atoms with E-state index in [4.69, 9.17) is 0 Å². The molecule has 1 atom stereocenters. The Hall–Kier alpha value is -1.33. The third kappa shape index (κ3) is 2.36. The van der Waals surface area contributed by atoms with E-state index in [2.05, 4.69) is 15.9 Å². The maximum absolute atomic E-state index is 13.2. The normalized spacial score (nSPS) is 17.6. The highest BCUT2D eigenvalue weighted by Gasteiger charge is 2.36. The van der Waals surface area contributed by atoms with E-state index in [1.54, 1.807) is 10.4 Å². The summed E-state index contributed by atoms with van der Waals surface area (Å²) in [6.45, 7) is 5.86. The van der Waals surface area contributed by atoms with Crippen LogP contribution >= 0.6 is 15.9 Å². The highest BCUT2D eigenvalue weighted by atomic mass is 79.9. The van der Waals surface area contributed by atoms with Crippen molar-refractivity contribution in [1.82, 2.24) is 0 Å². The molecule has 1 unspecified atom stereocenters. The van der Waals surface area contributed by atoms with E-state index in [1.807, 2.05) is 51.1 Å². The second-order valence-electron chi connectivity index (χ2n) is 5.85. The van der Waals surface area contributed by atoms with Crippen LogP contribution in [0.4, 0.5) is 5.69 Å². The lowest BCUT2D eigenvalue weighted by Crippen LogP contribution is -2.36. The molecule has 0 bridgehead atoms. The van der Waals surface area contributed by atoms with Gasteiger partial charge in [-0.1, -0.05) is 18.2 Å². The molecule has 0 amide bonds. The fourth-order valence-corrected chi connectivity index (χ4v) is 5.86. The van der Waals surface area contributed by atoms with Crippen molar-refractivity contribution in [3.63, 3.8) is 0 Å². The van der Waals surface area contributed by atoms with Crippen molar-refractivity contribution < 1.29 is 8.42 Å². The van der Waals surface area contributed by atoms with Gasteiger partial charge in [-0.2, -0.15) is 0 Å². The Morgan fingerprint density at radius 3 is 2.50 bits per heavy atom. The molecule has 0 N–H and O–H groups in total. The predicted molar refractivity (Wildman–Crippen MR) is 92.9 cm³/mol. The monoisotopic (exact) mass is 379 g/mol. The van der Waals surface area contributed by atoms with Crippen LogP contribution in [-0.4, -0.2) is 14.5 Å². The number of hydrogen-bond donors (Lipinski definition) is 0. The standard InChI is InChI=1S/C17H18BrNO2S/c1-11-8-15(18)17(9-12(11)2)22(20,21)19-13(3)10-14-6-4-5-7-16(14)19/h4-9,13H,10H2,1-3H3. The Morgan fingerprint density at radius 1 is 1.14 bits per heavy atom. The summed E-state index contributed by atoms with van der Waals surface area (Å²) < 4.78 is 28.5. The smallest absolute Gasteiger partial charge is 0.263 e. The van der Waals surface area contributed by atoms with Crippen molar-refractivity contribution in [2.45, 2.75) is 38.1 Å². The third-order valence-corrected chi connectivity index (χ3v) is 7.12. The number of sulfonamides is 1. The molecule has 1 aliphatic heterocycles. The molecule has 0 radical (unpaired) electrons. The fourth-order valence-electron chi connectivity index (χ4n) is 2.96. The average Bonchev–Trinajstić information content (AvgIpc) is 2.79. The van der Waals surface area contributed by atoms with Crippen LogP contribution in [0, 0.1) is 13.8 Å². The van der Waals surface area contributed by atoms with Crippen LogP contribution in [0.5, 0.6) is 0 Å². The lowest BCUT2D eigenvalue weighted by Gasteiger charge is -2.25. The van der Waals surface area contributed by atoms with Crippen LogP contribution in [0.2, 0.25) is 0 Å². The van der Waals surface area contributed by atoms with Gasteiger partial charge in [0.2, 0.25) is 0 Å². The summed E-state index contributed by atoms with van der Waals surface area (Å²) in [5, 5.41) is 0. The molecule has 0 aliphatic carbocycles. The molecule has 116 valence electrons. The van der Waals surface area contributed by atoms with Gasteiger partial charge in [0, 0.05) is 10.5 Å². The summed E-state index contributed by atoms with van der Waals surface area (Å²) in [5.74, 6) is 0. The Kier molecular flexibility index (Phi) is 3.81. The molecule has 1 heterocycles. The number of benzene rings is 2. The number of halogens is 1. The molecule has 2 aromatic rings. The topological polar surface area (TPSA) is 37.4 Å². The minimum atomic E-state index is -3.58. The minimum Gasteiger partial charge on any atom is -0.263 e. The van der Waals surface area contributed by atoms with Gasteiger partial charge in [0.15, 0.2) is 0 Å².